The number of carbonyl (C=O) groups is 1. The molecule has 0 fully saturated rings. The molecule has 0 bridgehead atoms. The van der Waals surface area contributed by atoms with Crippen molar-refractivity contribution in [1.82, 2.24) is 19.4 Å². The van der Waals surface area contributed by atoms with Gasteiger partial charge in [-0.1, -0.05) is 13.8 Å². The Hall–Kier alpha value is -1.73. The Bertz CT molecular complexity index is 704. The van der Waals surface area contributed by atoms with Crippen LogP contribution in [-0.2, 0) is 24.3 Å². The van der Waals surface area contributed by atoms with Gasteiger partial charge in [-0.3, -0.25) is 9.69 Å². The van der Waals surface area contributed by atoms with Crippen molar-refractivity contribution in [3.8, 4) is 0 Å². The first kappa shape index (κ1) is 17.1. The summed E-state index contributed by atoms with van der Waals surface area (Å²) >= 11 is 1.51. The van der Waals surface area contributed by atoms with Crippen molar-refractivity contribution in [3.05, 3.63) is 28.8 Å². The maximum Gasteiger partial charge on any atom is 0.231 e. The van der Waals surface area contributed by atoms with E-state index >= 15 is 0 Å². The molecule has 130 valence electrons. The first-order valence-corrected chi connectivity index (χ1v) is 9.47. The minimum atomic E-state index is -0.0134. The average molecular weight is 347 g/mol. The Morgan fingerprint density at radius 3 is 3.00 bits per heavy atom. The molecule has 1 N–H and O–H groups in total. The van der Waals surface area contributed by atoms with E-state index in [1.165, 1.54) is 17.0 Å². The molecule has 3 rings (SSSR count). The fourth-order valence-electron chi connectivity index (χ4n) is 3.13. The Labute approximate surface area is 146 Å². The van der Waals surface area contributed by atoms with E-state index in [1.54, 1.807) is 0 Å². The number of carbonyl (C=O) groups excluding carboxylic acids is 1. The van der Waals surface area contributed by atoms with Crippen LogP contribution in [0.15, 0.2) is 11.6 Å². The zero-order valence-corrected chi connectivity index (χ0v) is 15.4. The number of amides is 1. The molecule has 6 nitrogen and oxygen atoms in total. The number of hydrogen-bond acceptors (Lipinski definition) is 5. The maximum atomic E-state index is 12.6. The summed E-state index contributed by atoms with van der Waals surface area (Å²) in [5.74, 6) is 1.04. The predicted octanol–water partition coefficient (Wildman–Crippen LogP) is 2.69. The first-order valence-electron chi connectivity index (χ1n) is 8.59. The van der Waals surface area contributed by atoms with Crippen molar-refractivity contribution in [1.29, 1.82) is 0 Å². The fraction of sp³-hybridized carbons (Fsp3) is 0.588. The van der Waals surface area contributed by atoms with E-state index in [0.717, 1.165) is 44.0 Å². The number of aryl methyl sites for hydroxylation is 2. The van der Waals surface area contributed by atoms with Crippen molar-refractivity contribution < 1.29 is 4.79 Å². The highest BCUT2D eigenvalue weighted by Gasteiger charge is 2.26. The van der Waals surface area contributed by atoms with Crippen molar-refractivity contribution >= 4 is 22.4 Å². The van der Waals surface area contributed by atoms with Crippen LogP contribution in [0.5, 0.6) is 0 Å². The lowest BCUT2D eigenvalue weighted by molar-refractivity contribution is -0.120. The Kier molecular flexibility index (Phi) is 5.30. The topological polar surface area (TPSA) is 63.1 Å². The SMILES string of the molecule is CCN(CC)Cc1csc(NC(=O)C2CCc3cnc(C)n3C2)n1. The molecule has 1 amide bonds. The molecule has 1 unspecified atom stereocenters. The molecule has 1 aliphatic heterocycles. The second-order valence-electron chi connectivity index (χ2n) is 6.24. The van der Waals surface area contributed by atoms with Gasteiger partial charge in [-0.25, -0.2) is 9.97 Å². The van der Waals surface area contributed by atoms with Crippen LogP contribution in [0.3, 0.4) is 0 Å². The predicted molar refractivity (Wildman–Crippen MR) is 96.1 cm³/mol. The van der Waals surface area contributed by atoms with Gasteiger partial charge in [-0.2, -0.15) is 0 Å². The van der Waals surface area contributed by atoms with E-state index in [4.69, 9.17) is 0 Å². The molecule has 1 aliphatic rings. The highest BCUT2D eigenvalue weighted by molar-refractivity contribution is 7.13. The van der Waals surface area contributed by atoms with E-state index in [9.17, 15) is 4.79 Å². The Morgan fingerprint density at radius 2 is 2.25 bits per heavy atom. The normalized spacial score (nSPS) is 17.1. The zero-order valence-electron chi connectivity index (χ0n) is 14.6. The Morgan fingerprint density at radius 1 is 1.46 bits per heavy atom. The second-order valence-corrected chi connectivity index (χ2v) is 7.10. The second kappa shape index (κ2) is 7.44. The van der Waals surface area contributed by atoms with E-state index in [2.05, 4.69) is 38.6 Å². The standard InChI is InChI=1S/C17H25N5OS/c1-4-21(5-2)10-14-11-24-17(19-14)20-16(23)13-6-7-15-8-18-12(3)22(15)9-13/h8,11,13H,4-7,9-10H2,1-3H3,(H,19,20,23). The molecule has 0 saturated heterocycles. The minimum absolute atomic E-state index is 0.0134. The average Bonchev–Trinajstić information content (AvgIpc) is 3.19. The molecule has 0 radical (unpaired) electrons. The van der Waals surface area contributed by atoms with Crippen LogP contribution < -0.4 is 5.32 Å². The number of nitrogens with zero attached hydrogens (tertiary/aromatic N) is 4. The number of aromatic nitrogens is 3. The third-order valence-corrected chi connectivity index (χ3v) is 5.53. The van der Waals surface area contributed by atoms with Gasteiger partial charge in [0.2, 0.25) is 5.91 Å². The summed E-state index contributed by atoms with van der Waals surface area (Å²) in [5, 5.41) is 5.74. The molecular weight excluding hydrogens is 322 g/mol. The van der Waals surface area contributed by atoms with Crippen LogP contribution in [0.1, 0.15) is 37.5 Å². The smallest absolute Gasteiger partial charge is 0.231 e. The molecular formula is C17H25N5OS. The molecule has 7 heteroatoms. The molecule has 0 saturated carbocycles. The van der Waals surface area contributed by atoms with Gasteiger partial charge < -0.3 is 9.88 Å². The van der Waals surface area contributed by atoms with Crippen LogP contribution in [0.4, 0.5) is 5.13 Å². The van der Waals surface area contributed by atoms with Crippen LogP contribution in [-0.4, -0.2) is 38.4 Å². The summed E-state index contributed by atoms with van der Waals surface area (Å²) < 4.78 is 2.15. The minimum Gasteiger partial charge on any atom is -0.331 e. The lowest BCUT2D eigenvalue weighted by atomic mass is 9.97. The van der Waals surface area contributed by atoms with Gasteiger partial charge in [0, 0.05) is 30.4 Å². The van der Waals surface area contributed by atoms with Gasteiger partial charge in [-0.15, -0.1) is 11.3 Å². The zero-order chi connectivity index (χ0) is 17.1. The van der Waals surface area contributed by atoms with Crippen LogP contribution in [0, 0.1) is 12.8 Å². The molecule has 1 atom stereocenters. The van der Waals surface area contributed by atoms with Crippen LogP contribution in [0.2, 0.25) is 0 Å². The van der Waals surface area contributed by atoms with E-state index in [1.807, 2.05) is 18.5 Å². The summed E-state index contributed by atoms with van der Waals surface area (Å²) in [5.41, 5.74) is 2.25. The number of rotatable bonds is 6. The quantitative estimate of drug-likeness (QED) is 0.873. The van der Waals surface area contributed by atoms with Crippen LogP contribution >= 0.6 is 11.3 Å². The first-order chi connectivity index (χ1) is 11.6. The van der Waals surface area contributed by atoms with Crippen molar-refractivity contribution in [2.45, 2.75) is 46.7 Å². The fourth-order valence-corrected chi connectivity index (χ4v) is 3.84. The van der Waals surface area contributed by atoms with Crippen LogP contribution in [0.25, 0.3) is 0 Å². The third-order valence-electron chi connectivity index (χ3n) is 4.72. The van der Waals surface area contributed by atoms with Crippen molar-refractivity contribution in [2.75, 3.05) is 18.4 Å². The molecule has 2 aromatic rings. The molecule has 3 heterocycles. The number of thiazole rings is 1. The summed E-state index contributed by atoms with van der Waals surface area (Å²) in [6.45, 7) is 9.84. The molecule has 2 aromatic heterocycles. The molecule has 24 heavy (non-hydrogen) atoms. The lowest BCUT2D eigenvalue weighted by Gasteiger charge is -2.23. The molecule has 0 aromatic carbocycles. The van der Waals surface area contributed by atoms with E-state index < -0.39 is 0 Å². The summed E-state index contributed by atoms with van der Waals surface area (Å²) in [6.07, 6.45) is 3.70. The highest BCUT2D eigenvalue weighted by atomic mass is 32.1. The van der Waals surface area contributed by atoms with Gasteiger partial charge >= 0.3 is 0 Å². The molecule has 0 aliphatic carbocycles. The largest absolute Gasteiger partial charge is 0.331 e. The number of anilines is 1. The number of hydrogen-bond donors (Lipinski definition) is 1. The van der Waals surface area contributed by atoms with Gasteiger partial charge in [0.1, 0.15) is 5.82 Å². The number of nitrogens with one attached hydrogen (secondary N) is 1. The monoisotopic (exact) mass is 347 g/mol. The van der Waals surface area contributed by atoms with Gasteiger partial charge in [0.15, 0.2) is 5.13 Å². The van der Waals surface area contributed by atoms with Gasteiger partial charge in [0.25, 0.3) is 0 Å². The summed E-state index contributed by atoms with van der Waals surface area (Å²) in [6, 6.07) is 0. The van der Waals surface area contributed by atoms with Crippen molar-refractivity contribution in [2.24, 2.45) is 5.92 Å². The molecule has 0 spiro atoms. The third kappa shape index (κ3) is 3.67. The maximum absolute atomic E-state index is 12.6. The van der Waals surface area contributed by atoms with Crippen molar-refractivity contribution in [3.63, 3.8) is 0 Å². The summed E-state index contributed by atoms with van der Waals surface area (Å²) in [4.78, 5) is 23.8. The van der Waals surface area contributed by atoms with Gasteiger partial charge in [0.05, 0.1) is 11.6 Å². The Balaban J connectivity index is 1.60. The highest BCUT2D eigenvalue weighted by Crippen LogP contribution is 2.24. The van der Waals surface area contributed by atoms with E-state index in [-0.39, 0.29) is 11.8 Å². The van der Waals surface area contributed by atoms with Gasteiger partial charge in [-0.05, 0) is 32.9 Å². The number of imidazole rings is 1. The lowest BCUT2D eigenvalue weighted by Crippen LogP contribution is -2.31. The number of fused-ring (bicyclic) bond motifs is 1. The van der Waals surface area contributed by atoms with E-state index in [0.29, 0.717) is 11.7 Å². The summed E-state index contributed by atoms with van der Waals surface area (Å²) in [7, 11) is 0.